The highest BCUT2D eigenvalue weighted by Crippen LogP contribution is 2.18. The Bertz CT molecular complexity index is 839. The molecule has 0 saturated carbocycles. The minimum Gasteiger partial charge on any atom is -0.492 e. The molecule has 0 atom stereocenters. The third-order valence-electron chi connectivity index (χ3n) is 3.68. The molecule has 2 aromatic rings. The second-order valence-electron chi connectivity index (χ2n) is 5.83. The van der Waals surface area contributed by atoms with Gasteiger partial charge in [-0.05, 0) is 61.4 Å². The van der Waals surface area contributed by atoms with Crippen molar-refractivity contribution in [1.82, 2.24) is 4.31 Å². The van der Waals surface area contributed by atoms with Gasteiger partial charge in [0.25, 0.3) is 0 Å². The van der Waals surface area contributed by atoms with Crippen molar-refractivity contribution in [2.75, 3.05) is 20.2 Å². The molecular formula is C18H21NO5S. The van der Waals surface area contributed by atoms with Gasteiger partial charge in [-0.15, -0.1) is 0 Å². The number of rotatable bonds is 7. The fraction of sp³-hybridized carbons (Fsp3) is 0.278. The van der Waals surface area contributed by atoms with E-state index in [0.29, 0.717) is 5.75 Å². The molecule has 0 spiro atoms. The number of hydrogen-bond acceptors (Lipinski definition) is 4. The van der Waals surface area contributed by atoms with Crippen molar-refractivity contribution >= 4 is 16.0 Å². The molecule has 0 amide bonds. The third kappa shape index (κ3) is 4.80. The molecule has 0 saturated heterocycles. The van der Waals surface area contributed by atoms with Crippen LogP contribution in [0.15, 0.2) is 47.4 Å². The predicted molar refractivity (Wildman–Crippen MR) is 94.6 cm³/mol. The lowest BCUT2D eigenvalue weighted by Crippen LogP contribution is -2.31. The number of aryl methyl sites for hydroxylation is 2. The van der Waals surface area contributed by atoms with E-state index < -0.39 is 16.0 Å². The highest BCUT2D eigenvalue weighted by molar-refractivity contribution is 7.89. The molecule has 0 aliphatic heterocycles. The standard InChI is InChI=1S/C18H21NO5S/c1-13-10-14(2)12-16(11-13)24-9-8-19(3)25(22,23)17-6-4-15(5-7-17)18(20)21/h4-7,10-12H,8-9H2,1-3H3,(H,20,21). The molecule has 0 unspecified atom stereocenters. The number of benzene rings is 2. The first-order chi connectivity index (χ1) is 11.7. The van der Waals surface area contributed by atoms with Crippen molar-refractivity contribution in [2.24, 2.45) is 0 Å². The maximum Gasteiger partial charge on any atom is 0.335 e. The van der Waals surface area contributed by atoms with Crippen LogP contribution in [0.3, 0.4) is 0 Å². The fourth-order valence-corrected chi connectivity index (χ4v) is 3.53. The number of carboxylic acids is 1. The number of carbonyl (C=O) groups is 1. The lowest BCUT2D eigenvalue weighted by molar-refractivity contribution is 0.0696. The summed E-state index contributed by atoms with van der Waals surface area (Å²) in [7, 11) is -2.23. The Labute approximate surface area is 147 Å². The van der Waals surface area contributed by atoms with Crippen LogP contribution >= 0.6 is 0 Å². The molecule has 0 aromatic heterocycles. The fourth-order valence-electron chi connectivity index (χ4n) is 2.38. The molecule has 0 radical (unpaired) electrons. The van der Waals surface area contributed by atoms with Gasteiger partial charge in [-0.25, -0.2) is 13.2 Å². The van der Waals surface area contributed by atoms with Crippen LogP contribution in [0.4, 0.5) is 0 Å². The van der Waals surface area contributed by atoms with Crippen molar-refractivity contribution in [1.29, 1.82) is 0 Å². The topological polar surface area (TPSA) is 83.9 Å². The van der Waals surface area contributed by atoms with Gasteiger partial charge in [0.05, 0.1) is 10.5 Å². The predicted octanol–water partition coefficient (Wildman–Crippen LogP) is 2.70. The highest BCUT2D eigenvalue weighted by atomic mass is 32.2. The zero-order valence-electron chi connectivity index (χ0n) is 14.4. The van der Waals surface area contributed by atoms with E-state index in [4.69, 9.17) is 9.84 Å². The Hall–Kier alpha value is -2.38. The van der Waals surface area contributed by atoms with Crippen molar-refractivity contribution in [3.63, 3.8) is 0 Å². The van der Waals surface area contributed by atoms with Crippen LogP contribution in [-0.2, 0) is 10.0 Å². The molecule has 134 valence electrons. The number of nitrogens with zero attached hydrogens (tertiary/aromatic N) is 1. The van der Waals surface area contributed by atoms with Gasteiger partial charge in [0.2, 0.25) is 10.0 Å². The maximum absolute atomic E-state index is 12.5. The summed E-state index contributed by atoms with van der Waals surface area (Å²) in [6.07, 6.45) is 0. The lowest BCUT2D eigenvalue weighted by Gasteiger charge is -2.18. The van der Waals surface area contributed by atoms with E-state index in [2.05, 4.69) is 0 Å². The van der Waals surface area contributed by atoms with Crippen molar-refractivity contribution in [2.45, 2.75) is 18.7 Å². The summed E-state index contributed by atoms with van der Waals surface area (Å²) < 4.78 is 31.8. The van der Waals surface area contributed by atoms with E-state index in [0.717, 1.165) is 11.1 Å². The summed E-state index contributed by atoms with van der Waals surface area (Å²) >= 11 is 0. The minimum absolute atomic E-state index is 0.0414. The average molecular weight is 363 g/mol. The molecule has 0 bridgehead atoms. The minimum atomic E-state index is -3.69. The van der Waals surface area contributed by atoms with Crippen molar-refractivity contribution in [3.8, 4) is 5.75 Å². The Morgan fingerprint density at radius 2 is 1.64 bits per heavy atom. The average Bonchev–Trinajstić information content (AvgIpc) is 2.53. The number of carboxylic acid groups (broad SMARTS) is 1. The van der Waals surface area contributed by atoms with Gasteiger partial charge in [-0.1, -0.05) is 6.07 Å². The van der Waals surface area contributed by atoms with Gasteiger partial charge in [0, 0.05) is 13.6 Å². The quantitative estimate of drug-likeness (QED) is 0.818. The normalized spacial score (nSPS) is 11.5. The van der Waals surface area contributed by atoms with E-state index in [9.17, 15) is 13.2 Å². The first kappa shape index (κ1) is 19.0. The smallest absolute Gasteiger partial charge is 0.335 e. The van der Waals surface area contributed by atoms with Gasteiger partial charge in [0.1, 0.15) is 12.4 Å². The molecule has 6 nitrogen and oxygen atoms in total. The van der Waals surface area contributed by atoms with E-state index >= 15 is 0 Å². The van der Waals surface area contributed by atoms with Crippen LogP contribution in [0.5, 0.6) is 5.75 Å². The van der Waals surface area contributed by atoms with Crippen molar-refractivity contribution in [3.05, 3.63) is 59.2 Å². The van der Waals surface area contributed by atoms with Crippen LogP contribution in [0.2, 0.25) is 0 Å². The van der Waals surface area contributed by atoms with E-state index in [1.54, 1.807) is 0 Å². The van der Waals surface area contributed by atoms with Crippen molar-refractivity contribution < 1.29 is 23.1 Å². The zero-order valence-corrected chi connectivity index (χ0v) is 15.2. The molecule has 1 N–H and O–H groups in total. The first-order valence-corrected chi connectivity index (χ1v) is 9.15. The first-order valence-electron chi connectivity index (χ1n) is 7.71. The second kappa shape index (κ2) is 7.67. The number of likely N-dealkylation sites (N-methyl/N-ethyl adjacent to an activating group) is 1. The lowest BCUT2D eigenvalue weighted by atomic mass is 10.1. The molecule has 2 aromatic carbocycles. The third-order valence-corrected chi connectivity index (χ3v) is 5.55. The second-order valence-corrected chi connectivity index (χ2v) is 7.87. The number of sulfonamides is 1. The molecule has 2 rings (SSSR count). The van der Waals surface area contributed by atoms with Gasteiger partial charge >= 0.3 is 5.97 Å². The Morgan fingerprint density at radius 1 is 1.08 bits per heavy atom. The van der Waals surface area contributed by atoms with Crippen LogP contribution in [0, 0.1) is 13.8 Å². The summed E-state index contributed by atoms with van der Waals surface area (Å²) in [6.45, 7) is 4.33. The molecule has 0 fully saturated rings. The highest BCUT2D eigenvalue weighted by Gasteiger charge is 2.21. The Balaban J connectivity index is 2.01. The van der Waals surface area contributed by atoms with E-state index in [1.165, 1.54) is 35.6 Å². The number of hydrogen-bond donors (Lipinski definition) is 1. The van der Waals surface area contributed by atoms with Gasteiger partial charge in [0.15, 0.2) is 0 Å². The van der Waals surface area contributed by atoms with E-state index in [1.807, 2.05) is 32.0 Å². The molecule has 25 heavy (non-hydrogen) atoms. The maximum atomic E-state index is 12.5. The van der Waals surface area contributed by atoms with Crippen LogP contribution in [0.1, 0.15) is 21.5 Å². The van der Waals surface area contributed by atoms with Gasteiger partial charge < -0.3 is 9.84 Å². The summed E-state index contributed by atoms with van der Waals surface area (Å²) in [6, 6.07) is 11.0. The molecule has 0 aliphatic rings. The monoisotopic (exact) mass is 363 g/mol. The van der Waals surface area contributed by atoms with Gasteiger partial charge in [-0.2, -0.15) is 4.31 Å². The molecule has 7 heteroatoms. The SMILES string of the molecule is Cc1cc(C)cc(OCCN(C)S(=O)(=O)c2ccc(C(=O)O)cc2)c1. The molecule has 0 aliphatic carbocycles. The Morgan fingerprint density at radius 3 is 2.16 bits per heavy atom. The summed E-state index contributed by atoms with van der Waals surface area (Å²) in [5, 5.41) is 8.87. The zero-order chi connectivity index (χ0) is 18.6. The number of ether oxygens (including phenoxy) is 1. The summed E-state index contributed by atoms with van der Waals surface area (Å²) in [5.41, 5.74) is 2.20. The van der Waals surface area contributed by atoms with Crippen LogP contribution in [-0.4, -0.2) is 44.0 Å². The van der Waals surface area contributed by atoms with Crippen LogP contribution in [0.25, 0.3) is 0 Å². The molecular weight excluding hydrogens is 342 g/mol. The largest absolute Gasteiger partial charge is 0.492 e. The van der Waals surface area contributed by atoms with E-state index in [-0.39, 0.29) is 23.6 Å². The number of aromatic carboxylic acids is 1. The summed E-state index contributed by atoms with van der Waals surface area (Å²) in [5.74, 6) is -0.395. The Kier molecular flexibility index (Phi) is 5.81. The molecule has 0 heterocycles. The van der Waals surface area contributed by atoms with Crippen LogP contribution < -0.4 is 4.74 Å². The summed E-state index contributed by atoms with van der Waals surface area (Å²) in [4.78, 5) is 10.9. The van der Waals surface area contributed by atoms with Gasteiger partial charge in [-0.3, -0.25) is 0 Å².